The Morgan fingerprint density at radius 1 is 1.30 bits per heavy atom. The van der Waals surface area contributed by atoms with Gasteiger partial charge >= 0.3 is 0 Å². The van der Waals surface area contributed by atoms with Crippen LogP contribution in [-0.2, 0) is 6.54 Å². The molecule has 1 heterocycles. The Bertz CT molecular complexity index is 560. The molecular formula is C15H17F2N3. The molecule has 1 unspecified atom stereocenters. The third-order valence-electron chi connectivity index (χ3n) is 3.04. The topological polar surface area (TPSA) is 42.2 Å². The number of nitrogens with zero attached hydrogens (tertiary/aromatic N) is 2. The minimum atomic E-state index is -0.577. The van der Waals surface area contributed by atoms with E-state index in [1.165, 1.54) is 0 Å². The van der Waals surface area contributed by atoms with Gasteiger partial charge in [0.1, 0.15) is 11.6 Å². The molecule has 5 heteroatoms. The Balaban J connectivity index is 2.00. The highest BCUT2D eigenvalue weighted by molar-refractivity contribution is 5.22. The van der Waals surface area contributed by atoms with Crippen LogP contribution in [0.2, 0.25) is 0 Å². The van der Waals surface area contributed by atoms with Crippen molar-refractivity contribution in [2.75, 3.05) is 13.6 Å². The molecule has 20 heavy (non-hydrogen) atoms. The fourth-order valence-electron chi connectivity index (χ4n) is 2.10. The largest absolute Gasteiger partial charge is 0.323 e. The van der Waals surface area contributed by atoms with Gasteiger partial charge in [-0.2, -0.15) is 0 Å². The first-order valence-electron chi connectivity index (χ1n) is 6.34. The zero-order valence-electron chi connectivity index (χ0n) is 11.3. The van der Waals surface area contributed by atoms with Crippen LogP contribution < -0.4 is 5.73 Å². The number of benzene rings is 1. The summed E-state index contributed by atoms with van der Waals surface area (Å²) in [5.74, 6) is -0.958. The summed E-state index contributed by atoms with van der Waals surface area (Å²) in [4.78, 5) is 5.98. The maximum Gasteiger partial charge on any atom is 0.128 e. The second kappa shape index (κ2) is 6.54. The van der Waals surface area contributed by atoms with Crippen LogP contribution in [0, 0.1) is 11.6 Å². The van der Waals surface area contributed by atoms with Crippen molar-refractivity contribution in [2.45, 2.75) is 12.6 Å². The van der Waals surface area contributed by atoms with E-state index in [1.807, 2.05) is 24.1 Å². The summed E-state index contributed by atoms with van der Waals surface area (Å²) in [6.45, 7) is 1.08. The van der Waals surface area contributed by atoms with E-state index < -0.39 is 17.7 Å². The molecule has 0 saturated heterocycles. The van der Waals surface area contributed by atoms with Crippen LogP contribution in [0.5, 0.6) is 0 Å². The normalized spacial score (nSPS) is 12.7. The summed E-state index contributed by atoms with van der Waals surface area (Å²) in [5.41, 5.74) is 7.20. The van der Waals surface area contributed by atoms with Gasteiger partial charge in [0, 0.05) is 37.1 Å². The highest BCUT2D eigenvalue weighted by Gasteiger charge is 2.14. The van der Waals surface area contributed by atoms with Crippen LogP contribution in [-0.4, -0.2) is 23.5 Å². The van der Waals surface area contributed by atoms with Gasteiger partial charge in [0.2, 0.25) is 0 Å². The first kappa shape index (κ1) is 14.6. The van der Waals surface area contributed by atoms with E-state index >= 15 is 0 Å². The lowest BCUT2D eigenvalue weighted by molar-refractivity contribution is 0.302. The van der Waals surface area contributed by atoms with Crippen LogP contribution in [0.4, 0.5) is 8.78 Å². The van der Waals surface area contributed by atoms with Crippen LogP contribution in [0.3, 0.4) is 0 Å². The van der Waals surface area contributed by atoms with Gasteiger partial charge in [-0.3, -0.25) is 4.98 Å². The van der Waals surface area contributed by atoms with Crippen molar-refractivity contribution in [1.29, 1.82) is 0 Å². The fourth-order valence-corrected chi connectivity index (χ4v) is 2.10. The molecule has 0 aliphatic rings. The van der Waals surface area contributed by atoms with E-state index in [1.54, 1.807) is 12.4 Å². The van der Waals surface area contributed by atoms with E-state index in [0.29, 0.717) is 13.1 Å². The quantitative estimate of drug-likeness (QED) is 0.913. The van der Waals surface area contributed by atoms with E-state index in [9.17, 15) is 8.78 Å². The molecule has 0 amide bonds. The molecule has 1 aromatic heterocycles. The van der Waals surface area contributed by atoms with Crippen LogP contribution in [0.25, 0.3) is 0 Å². The van der Waals surface area contributed by atoms with Gasteiger partial charge in [-0.1, -0.05) is 6.07 Å². The Morgan fingerprint density at radius 2 is 2.10 bits per heavy atom. The summed E-state index contributed by atoms with van der Waals surface area (Å²) in [6.07, 6.45) is 3.47. The van der Waals surface area contributed by atoms with Gasteiger partial charge in [-0.05, 0) is 36.9 Å². The van der Waals surface area contributed by atoms with Gasteiger partial charge < -0.3 is 10.6 Å². The van der Waals surface area contributed by atoms with E-state index in [-0.39, 0.29) is 5.56 Å². The number of likely N-dealkylation sites (N-methyl/N-ethyl adjacent to an activating group) is 1. The Labute approximate surface area is 117 Å². The fraction of sp³-hybridized carbons (Fsp3) is 0.267. The predicted octanol–water partition coefficient (Wildman–Crippen LogP) is 2.49. The van der Waals surface area contributed by atoms with Gasteiger partial charge in [0.05, 0.1) is 0 Å². The van der Waals surface area contributed by atoms with Crippen LogP contribution in [0.15, 0.2) is 42.7 Å². The molecule has 1 aromatic carbocycles. The first-order valence-corrected chi connectivity index (χ1v) is 6.34. The number of hydrogen-bond donors (Lipinski definition) is 1. The lowest BCUT2D eigenvalue weighted by Crippen LogP contribution is -2.29. The first-order chi connectivity index (χ1) is 9.56. The van der Waals surface area contributed by atoms with Gasteiger partial charge in [-0.25, -0.2) is 8.78 Å². The zero-order valence-corrected chi connectivity index (χ0v) is 11.3. The number of aromatic nitrogens is 1. The summed E-state index contributed by atoms with van der Waals surface area (Å²) >= 11 is 0. The molecule has 2 N–H and O–H groups in total. The summed E-state index contributed by atoms with van der Waals surface area (Å²) in [5, 5.41) is 0. The minimum absolute atomic E-state index is 0.197. The second-order valence-corrected chi connectivity index (χ2v) is 4.83. The average Bonchev–Trinajstić information content (AvgIpc) is 2.42. The zero-order chi connectivity index (χ0) is 14.5. The maximum absolute atomic E-state index is 13.6. The molecule has 106 valence electrons. The molecule has 0 fully saturated rings. The van der Waals surface area contributed by atoms with Gasteiger partial charge in [-0.15, -0.1) is 0 Å². The molecule has 0 bridgehead atoms. The molecule has 0 spiro atoms. The standard InChI is InChI=1S/C15H17F2N3/c1-20(9-11-3-2-6-19-8-11)10-15(18)13-7-12(16)4-5-14(13)17/h2-8,15H,9-10,18H2,1H3. The van der Waals surface area contributed by atoms with Crippen molar-refractivity contribution >= 4 is 0 Å². The van der Waals surface area contributed by atoms with E-state index in [4.69, 9.17) is 5.73 Å². The monoisotopic (exact) mass is 277 g/mol. The maximum atomic E-state index is 13.6. The number of pyridine rings is 1. The molecule has 0 aliphatic heterocycles. The second-order valence-electron chi connectivity index (χ2n) is 4.83. The van der Waals surface area contributed by atoms with Gasteiger partial charge in [0.25, 0.3) is 0 Å². The highest BCUT2D eigenvalue weighted by atomic mass is 19.1. The lowest BCUT2D eigenvalue weighted by atomic mass is 10.1. The third-order valence-corrected chi connectivity index (χ3v) is 3.04. The van der Waals surface area contributed by atoms with Crippen molar-refractivity contribution in [2.24, 2.45) is 5.73 Å². The number of nitrogens with two attached hydrogens (primary N) is 1. The summed E-state index contributed by atoms with van der Waals surface area (Å²) < 4.78 is 26.8. The Morgan fingerprint density at radius 3 is 2.80 bits per heavy atom. The van der Waals surface area contributed by atoms with Crippen LogP contribution >= 0.6 is 0 Å². The van der Waals surface area contributed by atoms with Crippen LogP contribution in [0.1, 0.15) is 17.2 Å². The lowest BCUT2D eigenvalue weighted by Gasteiger charge is -2.21. The Kier molecular flexibility index (Phi) is 4.76. The third kappa shape index (κ3) is 3.82. The minimum Gasteiger partial charge on any atom is -0.323 e. The van der Waals surface area contributed by atoms with Crippen molar-refractivity contribution in [3.05, 3.63) is 65.5 Å². The SMILES string of the molecule is CN(Cc1cccnc1)CC(N)c1cc(F)ccc1F. The molecular weight excluding hydrogens is 260 g/mol. The Hall–Kier alpha value is -1.85. The highest BCUT2D eigenvalue weighted by Crippen LogP contribution is 2.17. The molecule has 0 saturated carbocycles. The van der Waals surface area contributed by atoms with Crippen molar-refractivity contribution in [3.8, 4) is 0 Å². The van der Waals surface area contributed by atoms with Crippen molar-refractivity contribution in [1.82, 2.24) is 9.88 Å². The molecule has 0 radical (unpaired) electrons. The predicted molar refractivity (Wildman–Crippen MR) is 73.9 cm³/mol. The molecule has 2 rings (SSSR count). The summed E-state index contributed by atoms with van der Waals surface area (Å²) in [7, 11) is 1.88. The molecule has 1 atom stereocenters. The van der Waals surface area contributed by atoms with E-state index in [0.717, 1.165) is 23.8 Å². The van der Waals surface area contributed by atoms with Gasteiger partial charge in [0.15, 0.2) is 0 Å². The average molecular weight is 277 g/mol. The van der Waals surface area contributed by atoms with Crippen molar-refractivity contribution in [3.63, 3.8) is 0 Å². The van der Waals surface area contributed by atoms with Crippen molar-refractivity contribution < 1.29 is 8.78 Å². The molecule has 3 nitrogen and oxygen atoms in total. The molecule has 0 aliphatic carbocycles. The number of hydrogen-bond acceptors (Lipinski definition) is 3. The van der Waals surface area contributed by atoms with E-state index in [2.05, 4.69) is 4.98 Å². The molecule has 2 aromatic rings. The number of halogens is 2. The number of rotatable bonds is 5. The smallest absolute Gasteiger partial charge is 0.128 e. The summed E-state index contributed by atoms with van der Waals surface area (Å²) in [6, 6.07) is 6.58.